The van der Waals surface area contributed by atoms with E-state index >= 15 is 0 Å². The lowest BCUT2D eigenvalue weighted by Crippen LogP contribution is -2.34. The lowest BCUT2D eigenvalue weighted by Gasteiger charge is -2.20. The zero-order chi connectivity index (χ0) is 23.7. The van der Waals surface area contributed by atoms with E-state index in [0.717, 1.165) is 0 Å². The highest BCUT2D eigenvalue weighted by Gasteiger charge is 2.45. The highest BCUT2D eigenvalue weighted by Crippen LogP contribution is 2.33. The summed E-state index contributed by atoms with van der Waals surface area (Å²) in [6.45, 7) is 10.6. The zero-order valence-corrected chi connectivity index (χ0v) is 16.9. The number of carbonyl (C=O) groups is 4. The monoisotopic (exact) mass is 418 g/mol. The number of hydrogen-bond donors (Lipinski definition) is 4. The standard InChI is InChI=1S/C7H9F3O4.2C5H10O2/c1-3(7(8,9)10)4(6(13)14)2-5(11)12;2*1-5(2,3)4(6)7/h3-4H,2H2,1H3,(H,11,12)(H,13,14);2*1-3H3,(H,6,7). The predicted molar refractivity (Wildman–Crippen MR) is 92.8 cm³/mol. The zero-order valence-electron chi connectivity index (χ0n) is 16.9. The molecule has 2 unspecified atom stereocenters. The molecule has 0 spiro atoms. The molecule has 0 aliphatic carbocycles. The number of aliphatic carboxylic acids is 4. The summed E-state index contributed by atoms with van der Waals surface area (Å²) < 4.78 is 36.2. The Morgan fingerprint density at radius 1 is 0.750 bits per heavy atom. The molecule has 0 rings (SSSR count). The smallest absolute Gasteiger partial charge is 0.392 e. The number of carboxylic acid groups (broad SMARTS) is 4. The van der Waals surface area contributed by atoms with Crippen molar-refractivity contribution < 1.29 is 52.8 Å². The van der Waals surface area contributed by atoms with Gasteiger partial charge in [0.25, 0.3) is 0 Å². The van der Waals surface area contributed by atoms with Crippen molar-refractivity contribution in [2.45, 2.75) is 61.1 Å². The average Bonchev–Trinajstić information content (AvgIpc) is 2.41. The lowest BCUT2D eigenvalue weighted by molar-refractivity contribution is -0.193. The molecule has 4 N–H and O–H groups in total. The molecule has 2 atom stereocenters. The molecule has 0 aliphatic rings. The molecule has 0 fully saturated rings. The van der Waals surface area contributed by atoms with E-state index in [1.165, 1.54) is 0 Å². The minimum Gasteiger partial charge on any atom is -0.481 e. The number of hydrogen-bond acceptors (Lipinski definition) is 4. The molecule has 8 nitrogen and oxygen atoms in total. The van der Waals surface area contributed by atoms with Crippen LogP contribution in [-0.4, -0.2) is 50.5 Å². The Labute approximate surface area is 161 Å². The van der Waals surface area contributed by atoms with Crippen LogP contribution >= 0.6 is 0 Å². The van der Waals surface area contributed by atoms with Crippen LogP contribution in [-0.2, 0) is 19.2 Å². The molecule has 0 heterocycles. The van der Waals surface area contributed by atoms with Gasteiger partial charge < -0.3 is 20.4 Å². The Kier molecular flexibility index (Phi) is 12.5. The third-order valence-corrected chi connectivity index (χ3v) is 3.11. The van der Waals surface area contributed by atoms with E-state index in [1.807, 2.05) is 0 Å². The van der Waals surface area contributed by atoms with Crippen LogP contribution in [0.4, 0.5) is 13.2 Å². The Hall–Kier alpha value is -2.33. The number of rotatable bonds is 4. The Balaban J connectivity index is -0.000000375. The van der Waals surface area contributed by atoms with Gasteiger partial charge in [0.1, 0.15) is 0 Å². The van der Waals surface area contributed by atoms with Crippen molar-refractivity contribution >= 4 is 23.9 Å². The molecule has 0 aromatic carbocycles. The molecule has 0 amide bonds. The molecule has 0 aromatic heterocycles. The van der Waals surface area contributed by atoms with Crippen molar-refractivity contribution in [2.75, 3.05) is 0 Å². The molecule has 11 heteroatoms. The van der Waals surface area contributed by atoms with Crippen molar-refractivity contribution in [3.05, 3.63) is 0 Å². The van der Waals surface area contributed by atoms with E-state index in [9.17, 15) is 32.3 Å². The normalized spacial score (nSPS) is 13.6. The second-order valence-electron chi connectivity index (χ2n) is 7.98. The molecule has 0 saturated carbocycles. The summed E-state index contributed by atoms with van der Waals surface area (Å²) in [6, 6.07) is 0. The first-order valence-corrected chi connectivity index (χ1v) is 8.03. The summed E-state index contributed by atoms with van der Waals surface area (Å²) in [5.74, 6) is -8.94. The first-order valence-electron chi connectivity index (χ1n) is 8.03. The van der Waals surface area contributed by atoms with Crippen LogP contribution < -0.4 is 0 Å². The fraction of sp³-hybridized carbons (Fsp3) is 0.765. The number of halogens is 3. The number of alkyl halides is 3. The third kappa shape index (κ3) is 15.9. The molecule has 166 valence electrons. The summed E-state index contributed by atoms with van der Waals surface area (Å²) >= 11 is 0. The van der Waals surface area contributed by atoms with E-state index < -0.39 is 59.1 Å². The first-order chi connectivity index (χ1) is 12.0. The van der Waals surface area contributed by atoms with E-state index in [0.29, 0.717) is 6.92 Å². The van der Waals surface area contributed by atoms with Crippen molar-refractivity contribution in [1.82, 2.24) is 0 Å². The fourth-order valence-electron chi connectivity index (χ4n) is 0.894. The quantitative estimate of drug-likeness (QED) is 0.541. The minimum absolute atomic E-state index is 0.583. The van der Waals surface area contributed by atoms with E-state index in [1.54, 1.807) is 41.5 Å². The maximum atomic E-state index is 12.1. The minimum atomic E-state index is -4.70. The van der Waals surface area contributed by atoms with Gasteiger partial charge in [0, 0.05) is 0 Å². The second kappa shape index (κ2) is 11.5. The molecule has 0 saturated heterocycles. The van der Waals surface area contributed by atoms with Crippen molar-refractivity contribution in [1.29, 1.82) is 0 Å². The van der Waals surface area contributed by atoms with Gasteiger partial charge in [-0.3, -0.25) is 19.2 Å². The summed E-state index contributed by atoms with van der Waals surface area (Å²) in [4.78, 5) is 40.5. The highest BCUT2D eigenvalue weighted by molar-refractivity contribution is 5.78. The van der Waals surface area contributed by atoms with Crippen molar-refractivity contribution in [3.8, 4) is 0 Å². The number of carboxylic acids is 4. The molecule has 0 aliphatic heterocycles. The van der Waals surface area contributed by atoms with Gasteiger partial charge in [-0.1, -0.05) is 6.92 Å². The molecular weight excluding hydrogens is 389 g/mol. The lowest BCUT2D eigenvalue weighted by atomic mass is 9.90. The maximum Gasteiger partial charge on any atom is 0.392 e. The Morgan fingerprint density at radius 2 is 1.00 bits per heavy atom. The van der Waals surface area contributed by atoms with E-state index in [2.05, 4.69) is 0 Å². The molecule has 0 aromatic rings. The van der Waals surface area contributed by atoms with Gasteiger partial charge in [-0.05, 0) is 41.5 Å². The van der Waals surface area contributed by atoms with Crippen LogP contribution in [0.2, 0.25) is 0 Å². The van der Waals surface area contributed by atoms with Gasteiger partial charge in [0.15, 0.2) is 0 Å². The van der Waals surface area contributed by atoms with Crippen LogP contribution in [0.1, 0.15) is 54.9 Å². The summed E-state index contributed by atoms with van der Waals surface area (Å²) in [6.07, 6.45) is -5.73. The largest absolute Gasteiger partial charge is 0.481 e. The van der Waals surface area contributed by atoms with Gasteiger partial charge in [0.05, 0.1) is 29.1 Å². The van der Waals surface area contributed by atoms with Gasteiger partial charge in [0.2, 0.25) is 0 Å². The topological polar surface area (TPSA) is 149 Å². The Morgan fingerprint density at radius 3 is 1.11 bits per heavy atom. The van der Waals surface area contributed by atoms with Crippen molar-refractivity contribution in [3.63, 3.8) is 0 Å². The van der Waals surface area contributed by atoms with Crippen molar-refractivity contribution in [2.24, 2.45) is 22.7 Å². The summed E-state index contributed by atoms with van der Waals surface area (Å²) in [7, 11) is 0. The van der Waals surface area contributed by atoms with Crippen LogP contribution in [0.5, 0.6) is 0 Å². The van der Waals surface area contributed by atoms with Crippen LogP contribution in [0.15, 0.2) is 0 Å². The molecule has 0 radical (unpaired) electrons. The van der Waals surface area contributed by atoms with E-state index in [4.69, 9.17) is 20.4 Å². The van der Waals surface area contributed by atoms with E-state index in [-0.39, 0.29) is 0 Å². The van der Waals surface area contributed by atoms with Gasteiger partial charge in [-0.2, -0.15) is 13.2 Å². The first kappa shape index (κ1) is 30.4. The third-order valence-electron chi connectivity index (χ3n) is 3.11. The average molecular weight is 418 g/mol. The highest BCUT2D eigenvalue weighted by atomic mass is 19.4. The van der Waals surface area contributed by atoms with Crippen LogP contribution in [0, 0.1) is 22.7 Å². The summed E-state index contributed by atoms with van der Waals surface area (Å²) in [5, 5.41) is 33.1. The van der Waals surface area contributed by atoms with Gasteiger partial charge in [-0.25, -0.2) is 0 Å². The second-order valence-corrected chi connectivity index (χ2v) is 7.98. The maximum absolute atomic E-state index is 12.1. The fourth-order valence-corrected chi connectivity index (χ4v) is 0.894. The Bertz CT molecular complexity index is 518. The van der Waals surface area contributed by atoms with Crippen LogP contribution in [0.3, 0.4) is 0 Å². The van der Waals surface area contributed by atoms with Crippen LogP contribution in [0.25, 0.3) is 0 Å². The molecule has 28 heavy (non-hydrogen) atoms. The molecular formula is C17H29F3O8. The predicted octanol–water partition coefficient (Wildman–Crippen LogP) is 3.59. The SMILES string of the molecule is CC(C(CC(=O)O)C(=O)O)C(F)(F)F.CC(C)(C)C(=O)O.CC(C)(C)C(=O)O. The molecule has 0 bridgehead atoms. The van der Waals surface area contributed by atoms with Gasteiger partial charge >= 0.3 is 30.1 Å². The van der Waals surface area contributed by atoms with Gasteiger partial charge in [-0.15, -0.1) is 0 Å². The summed E-state index contributed by atoms with van der Waals surface area (Å²) in [5.41, 5.74) is -1.17.